The van der Waals surface area contributed by atoms with Gasteiger partial charge in [-0.1, -0.05) is 18.2 Å². The monoisotopic (exact) mass is 355 g/mol. The normalized spacial score (nSPS) is 10.5. The highest BCUT2D eigenvalue weighted by atomic mass is 32.1. The number of esters is 1. The first-order chi connectivity index (χ1) is 11.6. The first kappa shape index (κ1) is 17.9. The van der Waals surface area contributed by atoms with Gasteiger partial charge < -0.3 is 14.8 Å². The van der Waals surface area contributed by atoms with Gasteiger partial charge in [0.25, 0.3) is 5.91 Å². The third-order valence-corrected chi connectivity index (χ3v) is 3.66. The Morgan fingerprint density at radius 2 is 2.00 bits per heavy atom. The maximum Gasteiger partial charge on any atom is 0.387 e. The van der Waals surface area contributed by atoms with Crippen molar-refractivity contribution >= 4 is 23.2 Å². The molecule has 0 aliphatic rings. The summed E-state index contributed by atoms with van der Waals surface area (Å²) in [4.78, 5) is 23.3. The van der Waals surface area contributed by atoms with Gasteiger partial charge in [0, 0.05) is 23.1 Å². The molecule has 0 saturated carbocycles. The van der Waals surface area contributed by atoms with E-state index in [4.69, 9.17) is 4.74 Å². The minimum atomic E-state index is -2.95. The first-order valence-electron chi connectivity index (χ1n) is 7.05. The van der Waals surface area contributed by atoms with E-state index in [9.17, 15) is 18.4 Å². The van der Waals surface area contributed by atoms with E-state index >= 15 is 0 Å². The van der Waals surface area contributed by atoms with Crippen LogP contribution in [0.15, 0.2) is 41.1 Å². The predicted octanol–water partition coefficient (Wildman–Crippen LogP) is 3.21. The Labute approximate surface area is 141 Å². The maximum atomic E-state index is 12.3. The van der Waals surface area contributed by atoms with Gasteiger partial charge in [-0.25, -0.2) is 0 Å². The Morgan fingerprint density at radius 1 is 1.21 bits per heavy atom. The lowest BCUT2D eigenvalue weighted by Crippen LogP contribution is -2.26. The van der Waals surface area contributed by atoms with E-state index in [-0.39, 0.29) is 31.2 Å². The number of amides is 1. The molecule has 8 heteroatoms. The van der Waals surface area contributed by atoms with Gasteiger partial charge in [-0.05, 0) is 17.5 Å². The van der Waals surface area contributed by atoms with Gasteiger partial charge in [0.15, 0.2) is 0 Å². The molecule has 1 aromatic heterocycles. The van der Waals surface area contributed by atoms with Crippen LogP contribution in [0.2, 0.25) is 0 Å². The van der Waals surface area contributed by atoms with Crippen LogP contribution in [0.1, 0.15) is 22.3 Å². The zero-order valence-electron chi connectivity index (χ0n) is 12.5. The maximum absolute atomic E-state index is 12.3. The fraction of sp³-hybridized carbons (Fsp3) is 0.250. The second kappa shape index (κ2) is 8.97. The Bertz CT molecular complexity index is 676. The summed E-state index contributed by atoms with van der Waals surface area (Å²) in [6.07, 6.45) is -0.0201. The van der Waals surface area contributed by atoms with Gasteiger partial charge in [0.05, 0.1) is 6.42 Å². The van der Waals surface area contributed by atoms with Crippen molar-refractivity contribution < 1.29 is 27.8 Å². The van der Waals surface area contributed by atoms with Gasteiger partial charge >= 0.3 is 12.6 Å². The van der Waals surface area contributed by atoms with Crippen molar-refractivity contribution in [2.75, 3.05) is 6.54 Å². The highest BCUT2D eigenvalue weighted by molar-refractivity contribution is 7.08. The van der Waals surface area contributed by atoms with Crippen LogP contribution in [0, 0.1) is 0 Å². The Hall–Kier alpha value is -2.48. The molecule has 0 aliphatic heterocycles. The molecule has 0 bridgehead atoms. The molecule has 0 spiro atoms. The molecule has 0 fully saturated rings. The van der Waals surface area contributed by atoms with E-state index in [1.165, 1.54) is 23.5 Å². The van der Waals surface area contributed by atoms with E-state index in [1.54, 1.807) is 29.0 Å². The Kier molecular flexibility index (Phi) is 6.68. The van der Waals surface area contributed by atoms with Crippen molar-refractivity contribution in [1.82, 2.24) is 5.32 Å². The number of thiophene rings is 1. The summed E-state index contributed by atoms with van der Waals surface area (Å²) in [6.45, 7) is -3.00. The summed E-state index contributed by atoms with van der Waals surface area (Å²) in [6, 6.07) is 7.75. The minimum Gasteiger partial charge on any atom is -0.461 e. The Morgan fingerprint density at radius 3 is 2.71 bits per heavy atom. The lowest BCUT2D eigenvalue weighted by atomic mass is 10.2. The third-order valence-electron chi connectivity index (χ3n) is 2.98. The molecular formula is C16H15F2NO4S. The van der Waals surface area contributed by atoms with E-state index < -0.39 is 12.6 Å². The van der Waals surface area contributed by atoms with E-state index in [0.29, 0.717) is 11.1 Å². The van der Waals surface area contributed by atoms with Crippen LogP contribution in [0.4, 0.5) is 8.78 Å². The summed E-state index contributed by atoms with van der Waals surface area (Å²) in [7, 11) is 0. The van der Waals surface area contributed by atoms with Crippen molar-refractivity contribution in [3.05, 3.63) is 52.2 Å². The van der Waals surface area contributed by atoms with Gasteiger partial charge in [-0.3, -0.25) is 9.59 Å². The molecule has 0 atom stereocenters. The molecule has 1 aromatic carbocycles. The zero-order chi connectivity index (χ0) is 17.4. The Balaban J connectivity index is 1.74. The number of carbonyl (C=O) groups excluding carboxylic acids is 2. The highest BCUT2D eigenvalue weighted by Gasteiger charge is 2.12. The van der Waals surface area contributed by atoms with Crippen LogP contribution in [-0.2, 0) is 16.1 Å². The number of hydrogen-bond acceptors (Lipinski definition) is 5. The fourth-order valence-electron chi connectivity index (χ4n) is 1.84. The molecular weight excluding hydrogens is 340 g/mol. The van der Waals surface area contributed by atoms with Crippen molar-refractivity contribution in [3.63, 3.8) is 0 Å². The summed E-state index contributed by atoms with van der Waals surface area (Å²) in [5, 5.41) is 6.08. The van der Waals surface area contributed by atoms with Crippen molar-refractivity contribution in [1.29, 1.82) is 0 Å². The van der Waals surface area contributed by atoms with Crippen molar-refractivity contribution in [2.45, 2.75) is 19.6 Å². The van der Waals surface area contributed by atoms with Crippen LogP contribution >= 0.6 is 11.3 Å². The van der Waals surface area contributed by atoms with Crippen LogP contribution in [-0.4, -0.2) is 25.0 Å². The average molecular weight is 355 g/mol. The molecule has 0 radical (unpaired) electrons. The fourth-order valence-corrected chi connectivity index (χ4v) is 2.47. The summed E-state index contributed by atoms with van der Waals surface area (Å²) < 4.78 is 33.9. The predicted molar refractivity (Wildman–Crippen MR) is 84.1 cm³/mol. The molecule has 24 heavy (non-hydrogen) atoms. The molecule has 128 valence electrons. The molecule has 2 rings (SSSR count). The molecule has 1 heterocycles. The molecule has 2 aromatic rings. The summed E-state index contributed by atoms with van der Waals surface area (Å²) in [5.41, 5.74) is 0.875. The molecule has 5 nitrogen and oxygen atoms in total. The lowest BCUT2D eigenvalue weighted by molar-refractivity contribution is -0.144. The average Bonchev–Trinajstić information content (AvgIpc) is 3.08. The van der Waals surface area contributed by atoms with Crippen LogP contribution in [0.25, 0.3) is 0 Å². The van der Waals surface area contributed by atoms with E-state index in [0.717, 1.165) is 0 Å². The summed E-state index contributed by atoms with van der Waals surface area (Å²) in [5.74, 6) is -0.849. The summed E-state index contributed by atoms with van der Waals surface area (Å²) >= 11 is 1.40. The third kappa shape index (κ3) is 5.62. The largest absolute Gasteiger partial charge is 0.461 e. The molecule has 1 N–H and O–H groups in total. The molecule has 0 aliphatic carbocycles. The quantitative estimate of drug-likeness (QED) is 0.739. The van der Waals surface area contributed by atoms with Crippen LogP contribution in [0.5, 0.6) is 5.75 Å². The van der Waals surface area contributed by atoms with E-state index in [1.807, 2.05) is 0 Å². The number of nitrogens with one attached hydrogen (secondary N) is 1. The lowest BCUT2D eigenvalue weighted by Gasteiger charge is -2.11. The second-order valence-corrected chi connectivity index (χ2v) is 5.44. The zero-order valence-corrected chi connectivity index (χ0v) is 13.4. The second-order valence-electron chi connectivity index (χ2n) is 4.66. The van der Waals surface area contributed by atoms with Crippen molar-refractivity contribution in [2.24, 2.45) is 0 Å². The standard InChI is InChI=1S/C16H15F2NO4S/c17-16(18)23-13-4-2-1-3-11(13)9-22-14(20)5-7-19-15(21)12-6-8-24-10-12/h1-4,6,8,10,16H,5,7,9H2,(H,19,21). The van der Waals surface area contributed by atoms with Crippen molar-refractivity contribution in [3.8, 4) is 5.75 Å². The highest BCUT2D eigenvalue weighted by Crippen LogP contribution is 2.21. The van der Waals surface area contributed by atoms with Gasteiger partial charge in [-0.15, -0.1) is 0 Å². The minimum absolute atomic E-state index is 0.0201. The molecule has 0 unspecified atom stereocenters. The van der Waals surface area contributed by atoms with Gasteiger partial charge in [0.1, 0.15) is 12.4 Å². The number of hydrogen-bond donors (Lipinski definition) is 1. The number of benzene rings is 1. The first-order valence-corrected chi connectivity index (χ1v) is 7.99. The molecule has 1 amide bonds. The topological polar surface area (TPSA) is 64.6 Å². The van der Waals surface area contributed by atoms with Crippen LogP contribution < -0.4 is 10.1 Å². The molecule has 0 saturated heterocycles. The number of alkyl halides is 2. The van der Waals surface area contributed by atoms with E-state index in [2.05, 4.69) is 10.1 Å². The number of halogens is 2. The number of carbonyl (C=O) groups is 2. The SMILES string of the molecule is O=C(CCNC(=O)c1ccsc1)OCc1ccccc1OC(F)F. The van der Waals surface area contributed by atoms with Gasteiger partial charge in [-0.2, -0.15) is 20.1 Å². The number of para-hydroxylation sites is 1. The van der Waals surface area contributed by atoms with Gasteiger partial charge in [0.2, 0.25) is 0 Å². The number of rotatable bonds is 8. The van der Waals surface area contributed by atoms with Crippen LogP contribution in [0.3, 0.4) is 0 Å². The smallest absolute Gasteiger partial charge is 0.387 e. The number of ether oxygens (including phenoxy) is 2.